The van der Waals surface area contributed by atoms with Crippen LogP contribution < -0.4 is 15.4 Å². The number of fused-ring (bicyclic) bond motifs is 1. The number of benzene rings is 1. The van der Waals surface area contributed by atoms with Crippen LogP contribution in [-0.4, -0.2) is 34.8 Å². The predicted molar refractivity (Wildman–Crippen MR) is 102 cm³/mol. The van der Waals surface area contributed by atoms with Gasteiger partial charge in [0.05, 0.1) is 23.6 Å². The largest absolute Gasteiger partial charge is 0.493 e. The second-order valence-electron chi connectivity index (χ2n) is 6.31. The zero-order valence-corrected chi connectivity index (χ0v) is 16.1. The van der Waals surface area contributed by atoms with E-state index in [1.165, 1.54) is 4.68 Å². The molecule has 27 heavy (non-hydrogen) atoms. The van der Waals surface area contributed by atoms with E-state index in [2.05, 4.69) is 15.1 Å². The first kappa shape index (κ1) is 19.1. The van der Waals surface area contributed by atoms with Crippen LogP contribution in [0.15, 0.2) is 23.0 Å². The Hall–Kier alpha value is -2.72. The molecule has 0 radical (unpaired) electrons. The zero-order valence-electron chi connectivity index (χ0n) is 15.3. The van der Waals surface area contributed by atoms with Crippen LogP contribution in [0.3, 0.4) is 0 Å². The van der Waals surface area contributed by atoms with Gasteiger partial charge in [0.1, 0.15) is 17.0 Å². The van der Waals surface area contributed by atoms with Crippen molar-refractivity contribution in [1.82, 2.24) is 19.7 Å². The Morgan fingerprint density at radius 2 is 2.07 bits per heavy atom. The summed E-state index contributed by atoms with van der Waals surface area (Å²) in [5, 5.41) is 9.80. The summed E-state index contributed by atoms with van der Waals surface area (Å²) in [6, 6.07) is 4.90. The lowest BCUT2D eigenvalue weighted by Gasteiger charge is -2.12. The Morgan fingerprint density at radius 3 is 2.74 bits per heavy atom. The van der Waals surface area contributed by atoms with Gasteiger partial charge in [0, 0.05) is 7.05 Å². The third kappa shape index (κ3) is 4.01. The number of nitrogens with zero attached hydrogens (tertiary/aromatic N) is 3. The highest BCUT2D eigenvalue weighted by Crippen LogP contribution is 2.30. The lowest BCUT2D eigenvalue weighted by Crippen LogP contribution is -2.15. The second kappa shape index (κ2) is 7.12. The van der Waals surface area contributed by atoms with E-state index in [9.17, 15) is 13.2 Å². The molecular formula is C17H21N5O4S. The molecular weight excluding hydrogens is 370 g/mol. The van der Waals surface area contributed by atoms with Crippen molar-refractivity contribution >= 4 is 21.1 Å². The molecule has 0 aliphatic heterocycles. The highest BCUT2D eigenvalue weighted by atomic mass is 32.2. The van der Waals surface area contributed by atoms with Crippen molar-refractivity contribution in [2.24, 2.45) is 12.2 Å². The Balaban J connectivity index is 2.21. The third-order valence-corrected chi connectivity index (χ3v) is 4.73. The number of hydrogen-bond acceptors (Lipinski definition) is 6. The standard InChI is InChI=1S/C17H21N5O4S/c1-4-7-26-13-6-5-11(9-27(18,24)25)8-12(13)15-19-16-14(17(23)20-15)10(2)21-22(16)3/h5-6,8H,4,7,9H2,1-3H3,(H2,18,24,25)(H,19,20,23). The fourth-order valence-corrected chi connectivity index (χ4v) is 3.54. The van der Waals surface area contributed by atoms with Crippen LogP contribution in [0.25, 0.3) is 22.4 Å². The summed E-state index contributed by atoms with van der Waals surface area (Å²) in [6.45, 7) is 4.18. The molecule has 0 aliphatic carbocycles. The third-order valence-electron chi connectivity index (χ3n) is 4.00. The van der Waals surface area contributed by atoms with E-state index in [0.29, 0.717) is 40.2 Å². The quantitative estimate of drug-likeness (QED) is 0.649. The highest BCUT2D eigenvalue weighted by Gasteiger charge is 2.17. The summed E-state index contributed by atoms with van der Waals surface area (Å²) in [5.41, 5.74) is 1.66. The number of H-pyrrole nitrogens is 1. The summed E-state index contributed by atoms with van der Waals surface area (Å²) in [5.74, 6) is 0.444. The Morgan fingerprint density at radius 1 is 1.33 bits per heavy atom. The number of hydrogen-bond donors (Lipinski definition) is 2. The average Bonchev–Trinajstić information content (AvgIpc) is 2.86. The Bertz CT molecular complexity index is 1160. The molecule has 10 heteroatoms. The fourth-order valence-electron chi connectivity index (χ4n) is 2.89. The molecule has 0 saturated carbocycles. The number of rotatable bonds is 6. The molecule has 0 saturated heterocycles. The fraction of sp³-hybridized carbons (Fsp3) is 0.353. The topological polar surface area (TPSA) is 133 Å². The van der Waals surface area contributed by atoms with E-state index in [4.69, 9.17) is 9.88 Å². The van der Waals surface area contributed by atoms with Crippen LogP contribution in [0.1, 0.15) is 24.6 Å². The Kier molecular flexibility index (Phi) is 5.03. The summed E-state index contributed by atoms with van der Waals surface area (Å²) >= 11 is 0. The number of ether oxygens (including phenoxy) is 1. The molecule has 3 N–H and O–H groups in total. The molecule has 2 aromatic heterocycles. The molecule has 3 aromatic rings. The first-order valence-electron chi connectivity index (χ1n) is 8.39. The molecule has 0 amide bonds. The number of primary sulfonamides is 1. The number of nitrogens with one attached hydrogen (secondary N) is 1. The molecule has 9 nitrogen and oxygen atoms in total. The van der Waals surface area contributed by atoms with Crippen molar-refractivity contribution < 1.29 is 13.2 Å². The summed E-state index contributed by atoms with van der Waals surface area (Å²) in [6.07, 6.45) is 0.794. The number of aromatic nitrogens is 4. The highest BCUT2D eigenvalue weighted by molar-refractivity contribution is 7.88. The van der Waals surface area contributed by atoms with Crippen molar-refractivity contribution in [3.8, 4) is 17.1 Å². The van der Waals surface area contributed by atoms with Crippen LogP contribution >= 0.6 is 0 Å². The van der Waals surface area contributed by atoms with Crippen molar-refractivity contribution in [1.29, 1.82) is 0 Å². The van der Waals surface area contributed by atoms with Crippen molar-refractivity contribution in [3.63, 3.8) is 0 Å². The average molecular weight is 391 g/mol. The molecule has 1 aromatic carbocycles. The summed E-state index contributed by atoms with van der Waals surface area (Å²) in [4.78, 5) is 19.8. The minimum Gasteiger partial charge on any atom is -0.493 e. The van der Waals surface area contributed by atoms with E-state index in [1.807, 2.05) is 6.92 Å². The molecule has 2 heterocycles. The second-order valence-corrected chi connectivity index (χ2v) is 7.92. The van der Waals surface area contributed by atoms with Gasteiger partial charge in [-0.25, -0.2) is 23.2 Å². The molecule has 0 atom stereocenters. The van der Waals surface area contributed by atoms with Gasteiger partial charge in [0.2, 0.25) is 10.0 Å². The smallest absolute Gasteiger partial charge is 0.262 e. The maximum atomic E-state index is 12.5. The SMILES string of the molecule is CCCOc1ccc(CS(N)(=O)=O)cc1-c1nc2c(c(C)nn2C)c(=O)[nH]1. The van der Waals surface area contributed by atoms with Gasteiger partial charge in [0.25, 0.3) is 5.56 Å². The van der Waals surface area contributed by atoms with Crippen LogP contribution in [0.5, 0.6) is 5.75 Å². The summed E-state index contributed by atoms with van der Waals surface area (Å²) in [7, 11) is -1.99. The van der Waals surface area contributed by atoms with Gasteiger partial charge in [-0.1, -0.05) is 13.0 Å². The van der Waals surface area contributed by atoms with E-state index in [-0.39, 0.29) is 17.1 Å². The monoisotopic (exact) mass is 391 g/mol. The van der Waals surface area contributed by atoms with E-state index in [0.717, 1.165) is 6.42 Å². The van der Waals surface area contributed by atoms with E-state index >= 15 is 0 Å². The molecule has 0 fully saturated rings. The van der Waals surface area contributed by atoms with Gasteiger partial charge in [0.15, 0.2) is 5.65 Å². The number of sulfonamides is 1. The molecule has 0 aliphatic rings. The lowest BCUT2D eigenvalue weighted by atomic mass is 10.1. The van der Waals surface area contributed by atoms with E-state index < -0.39 is 10.0 Å². The molecule has 0 unspecified atom stereocenters. The molecule has 0 spiro atoms. The first-order valence-corrected chi connectivity index (χ1v) is 10.1. The number of aromatic amines is 1. The van der Waals surface area contributed by atoms with E-state index in [1.54, 1.807) is 32.2 Å². The zero-order chi connectivity index (χ0) is 19.8. The first-order chi connectivity index (χ1) is 12.7. The Labute approximate surface area is 156 Å². The minimum absolute atomic E-state index is 0.276. The van der Waals surface area contributed by atoms with Crippen LogP contribution in [0.4, 0.5) is 0 Å². The normalized spacial score (nSPS) is 11.9. The van der Waals surface area contributed by atoms with Gasteiger partial charge < -0.3 is 9.72 Å². The van der Waals surface area contributed by atoms with Crippen LogP contribution in [0, 0.1) is 6.92 Å². The molecule has 3 rings (SSSR count). The maximum absolute atomic E-state index is 12.5. The lowest BCUT2D eigenvalue weighted by molar-refractivity contribution is 0.318. The number of nitrogens with two attached hydrogens (primary N) is 1. The van der Waals surface area contributed by atoms with Gasteiger partial charge in [-0.05, 0) is 31.0 Å². The van der Waals surface area contributed by atoms with Crippen molar-refractivity contribution in [2.45, 2.75) is 26.0 Å². The summed E-state index contributed by atoms with van der Waals surface area (Å²) < 4.78 is 30.2. The maximum Gasteiger partial charge on any atom is 0.262 e. The van der Waals surface area contributed by atoms with Gasteiger partial charge in [-0.2, -0.15) is 5.10 Å². The number of aryl methyl sites for hydroxylation is 2. The van der Waals surface area contributed by atoms with Gasteiger partial charge >= 0.3 is 0 Å². The van der Waals surface area contributed by atoms with Crippen molar-refractivity contribution in [3.05, 3.63) is 39.8 Å². The van der Waals surface area contributed by atoms with Gasteiger partial charge in [-0.15, -0.1) is 0 Å². The van der Waals surface area contributed by atoms with Gasteiger partial charge in [-0.3, -0.25) is 4.79 Å². The minimum atomic E-state index is -3.70. The van der Waals surface area contributed by atoms with Crippen LogP contribution in [0.2, 0.25) is 0 Å². The van der Waals surface area contributed by atoms with Crippen molar-refractivity contribution in [2.75, 3.05) is 6.61 Å². The predicted octanol–water partition coefficient (Wildman–Crippen LogP) is 1.21. The molecule has 0 bridgehead atoms. The van der Waals surface area contributed by atoms with Crippen LogP contribution in [-0.2, 0) is 22.8 Å². The molecule has 144 valence electrons.